The van der Waals surface area contributed by atoms with Crippen LogP contribution in [0.1, 0.15) is 22.7 Å². The van der Waals surface area contributed by atoms with E-state index >= 15 is 0 Å². The van der Waals surface area contributed by atoms with Crippen LogP contribution < -0.4 is 4.74 Å². The predicted octanol–water partition coefficient (Wildman–Crippen LogP) is 2.71. The van der Waals surface area contributed by atoms with Crippen LogP contribution in [0.15, 0.2) is 36.8 Å². The van der Waals surface area contributed by atoms with E-state index in [1.807, 2.05) is 31.3 Å². The van der Waals surface area contributed by atoms with E-state index in [2.05, 4.69) is 20.3 Å². The Balaban J connectivity index is 1.48. The first kappa shape index (κ1) is 16.0. The molecule has 0 unspecified atom stereocenters. The first-order chi connectivity index (χ1) is 12.2. The number of hydrogen-bond donors (Lipinski definition) is 0. The fourth-order valence-electron chi connectivity index (χ4n) is 2.49. The van der Waals surface area contributed by atoms with Crippen LogP contribution >= 0.6 is 11.6 Å². The summed E-state index contributed by atoms with van der Waals surface area (Å²) in [4.78, 5) is 8.20. The molecule has 0 saturated carbocycles. The molecule has 128 valence electrons. The molecule has 0 amide bonds. The normalized spacial score (nSPS) is 14.3. The van der Waals surface area contributed by atoms with E-state index in [1.165, 1.54) is 0 Å². The third kappa shape index (κ3) is 3.47. The molecule has 3 aromatic rings. The second kappa shape index (κ2) is 6.78. The van der Waals surface area contributed by atoms with E-state index in [9.17, 15) is 0 Å². The van der Waals surface area contributed by atoms with Crippen molar-refractivity contribution in [3.8, 4) is 11.7 Å². The van der Waals surface area contributed by atoms with Crippen molar-refractivity contribution in [2.45, 2.75) is 19.4 Å². The van der Waals surface area contributed by atoms with Crippen LogP contribution in [0.3, 0.4) is 0 Å². The minimum absolute atomic E-state index is 0.250. The monoisotopic (exact) mass is 357 g/mol. The average molecular weight is 358 g/mol. The van der Waals surface area contributed by atoms with Crippen LogP contribution in [0.25, 0.3) is 5.69 Å². The quantitative estimate of drug-likeness (QED) is 0.699. The maximum absolute atomic E-state index is 6.29. The largest absolute Gasteiger partial charge is 0.457 e. The highest BCUT2D eigenvalue weighted by atomic mass is 35.5. The maximum atomic E-state index is 6.29. The molecule has 1 aromatic carbocycles. The van der Waals surface area contributed by atoms with Gasteiger partial charge in [0, 0.05) is 23.3 Å². The molecule has 1 aliphatic heterocycles. The first-order valence-electron chi connectivity index (χ1n) is 7.89. The topological polar surface area (TPSA) is 75.0 Å². The van der Waals surface area contributed by atoms with Crippen LogP contribution in [-0.2, 0) is 11.3 Å². The van der Waals surface area contributed by atoms with Crippen LogP contribution in [-0.4, -0.2) is 38.2 Å². The number of benzene rings is 1. The Morgan fingerprint density at radius 1 is 1.28 bits per heavy atom. The molecule has 7 nitrogen and oxygen atoms in total. The van der Waals surface area contributed by atoms with Gasteiger partial charge in [0.05, 0.1) is 25.1 Å². The lowest BCUT2D eigenvalue weighted by molar-refractivity contribution is 0.00846. The smallest absolute Gasteiger partial charge is 0.316 e. The third-order valence-electron chi connectivity index (χ3n) is 3.97. The summed E-state index contributed by atoms with van der Waals surface area (Å²) in [5.41, 5.74) is 3.64. The summed E-state index contributed by atoms with van der Waals surface area (Å²) < 4.78 is 12.5. The van der Waals surface area contributed by atoms with Crippen LogP contribution in [0.5, 0.6) is 6.01 Å². The molecule has 2 aromatic heterocycles. The minimum atomic E-state index is 0.250. The van der Waals surface area contributed by atoms with Gasteiger partial charge in [-0.3, -0.25) is 0 Å². The molecule has 0 spiro atoms. The Kier molecular flexibility index (Phi) is 4.33. The van der Waals surface area contributed by atoms with Crippen molar-refractivity contribution in [2.75, 3.05) is 13.2 Å². The van der Waals surface area contributed by atoms with E-state index < -0.39 is 0 Å². The van der Waals surface area contributed by atoms with E-state index in [0.717, 1.165) is 21.8 Å². The summed E-state index contributed by atoms with van der Waals surface area (Å²) in [6.07, 6.45) is 5.23. The molecule has 0 bridgehead atoms. The number of aryl methyl sites for hydroxylation is 1. The van der Waals surface area contributed by atoms with Crippen molar-refractivity contribution in [2.24, 2.45) is 0 Å². The van der Waals surface area contributed by atoms with Gasteiger partial charge >= 0.3 is 6.01 Å². The van der Waals surface area contributed by atoms with Crippen molar-refractivity contribution < 1.29 is 9.47 Å². The van der Waals surface area contributed by atoms with Crippen LogP contribution in [0.2, 0.25) is 5.02 Å². The summed E-state index contributed by atoms with van der Waals surface area (Å²) in [7, 11) is 0. The van der Waals surface area contributed by atoms with Gasteiger partial charge in [0.2, 0.25) is 0 Å². The Hall–Kier alpha value is -2.51. The second-order valence-electron chi connectivity index (χ2n) is 5.93. The molecular formula is C17H16ClN5O2. The van der Waals surface area contributed by atoms with Crippen molar-refractivity contribution in [3.05, 3.63) is 58.6 Å². The molecule has 25 heavy (non-hydrogen) atoms. The second-order valence-corrected chi connectivity index (χ2v) is 6.33. The highest BCUT2D eigenvalue weighted by Gasteiger charge is 2.23. The van der Waals surface area contributed by atoms with Crippen molar-refractivity contribution >= 4 is 11.6 Å². The Bertz CT molecular complexity index is 877. The number of rotatable bonds is 5. The molecule has 0 atom stereocenters. The lowest BCUT2D eigenvalue weighted by Crippen LogP contribution is -2.25. The summed E-state index contributed by atoms with van der Waals surface area (Å²) in [6, 6.07) is 6.13. The number of halogens is 1. The number of aromatic nitrogens is 5. The molecule has 0 aliphatic carbocycles. The van der Waals surface area contributed by atoms with Gasteiger partial charge in [-0.25, -0.2) is 14.6 Å². The van der Waals surface area contributed by atoms with Gasteiger partial charge in [-0.05, 0) is 36.2 Å². The lowest BCUT2D eigenvalue weighted by atomic mass is 9.97. The molecular weight excluding hydrogens is 342 g/mol. The van der Waals surface area contributed by atoms with E-state index in [-0.39, 0.29) is 6.61 Å². The summed E-state index contributed by atoms with van der Waals surface area (Å²) in [6.45, 7) is 3.58. The number of ether oxygens (including phenoxy) is 2. The van der Waals surface area contributed by atoms with Crippen molar-refractivity contribution in [1.82, 2.24) is 25.0 Å². The Morgan fingerprint density at radius 2 is 2.08 bits per heavy atom. The van der Waals surface area contributed by atoms with Gasteiger partial charge < -0.3 is 9.47 Å². The fraction of sp³-hybridized carbons (Fsp3) is 0.294. The Morgan fingerprint density at radius 3 is 2.80 bits per heavy atom. The molecule has 1 saturated heterocycles. The Labute approximate surface area is 149 Å². The molecule has 1 fully saturated rings. The molecule has 3 heterocycles. The summed E-state index contributed by atoms with van der Waals surface area (Å²) >= 11 is 6.29. The first-order valence-corrected chi connectivity index (χ1v) is 8.27. The van der Waals surface area contributed by atoms with Crippen molar-refractivity contribution in [1.29, 1.82) is 0 Å². The number of nitrogens with zero attached hydrogens (tertiary/aromatic N) is 5. The van der Waals surface area contributed by atoms with Gasteiger partial charge in [0.15, 0.2) is 0 Å². The SMILES string of the molecule is Cc1cnc(OCc2cn(-c3ccc(Cl)c(C4COC4)c3)nn2)nc1. The van der Waals surface area contributed by atoms with Gasteiger partial charge in [-0.2, -0.15) is 0 Å². The zero-order valence-corrected chi connectivity index (χ0v) is 14.3. The van der Waals surface area contributed by atoms with Crippen LogP contribution in [0, 0.1) is 6.92 Å². The molecule has 8 heteroatoms. The minimum Gasteiger partial charge on any atom is -0.457 e. The van der Waals surface area contributed by atoms with Gasteiger partial charge in [-0.15, -0.1) is 5.10 Å². The van der Waals surface area contributed by atoms with E-state index in [0.29, 0.717) is 30.8 Å². The van der Waals surface area contributed by atoms with Gasteiger partial charge in [0.25, 0.3) is 0 Å². The van der Waals surface area contributed by atoms with Gasteiger partial charge in [0.1, 0.15) is 12.3 Å². The third-order valence-corrected chi connectivity index (χ3v) is 4.31. The summed E-state index contributed by atoms with van der Waals surface area (Å²) in [5.74, 6) is 0.345. The molecule has 0 N–H and O–H groups in total. The molecule has 4 rings (SSSR count). The number of hydrogen-bond acceptors (Lipinski definition) is 6. The molecule has 0 radical (unpaired) electrons. The standard InChI is InChI=1S/C17H16ClN5O2/c1-11-5-19-17(20-6-11)25-10-13-7-23(22-21-13)14-2-3-16(18)15(4-14)12-8-24-9-12/h2-7,12H,8-10H2,1H3. The fourth-order valence-corrected chi connectivity index (χ4v) is 2.76. The zero-order valence-electron chi connectivity index (χ0n) is 13.6. The lowest BCUT2D eigenvalue weighted by Gasteiger charge is -2.27. The van der Waals surface area contributed by atoms with E-state index in [1.54, 1.807) is 17.1 Å². The highest BCUT2D eigenvalue weighted by Crippen LogP contribution is 2.31. The van der Waals surface area contributed by atoms with Crippen molar-refractivity contribution in [3.63, 3.8) is 0 Å². The van der Waals surface area contributed by atoms with Crippen LogP contribution in [0.4, 0.5) is 0 Å². The van der Waals surface area contributed by atoms with Gasteiger partial charge in [-0.1, -0.05) is 16.8 Å². The predicted molar refractivity (Wildman–Crippen MR) is 91.0 cm³/mol. The zero-order chi connectivity index (χ0) is 17.2. The summed E-state index contributed by atoms with van der Waals surface area (Å²) in [5, 5.41) is 9.04. The maximum Gasteiger partial charge on any atom is 0.316 e. The average Bonchev–Trinajstić information content (AvgIpc) is 3.04. The molecule has 1 aliphatic rings. The van der Waals surface area contributed by atoms with E-state index in [4.69, 9.17) is 21.1 Å². The highest BCUT2D eigenvalue weighted by molar-refractivity contribution is 6.31.